The molecule has 0 radical (unpaired) electrons. The summed E-state index contributed by atoms with van der Waals surface area (Å²) in [6, 6.07) is 11.3. The van der Waals surface area contributed by atoms with E-state index >= 15 is 0 Å². The van der Waals surface area contributed by atoms with Gasteiger partial charge in [0.2, 0.25) is 12.6 Å². The summed E-state index contributed by atoms with van der Waals surface area (Å²) in [7, 11) is 0. The van der Waals surface area contributed by atoms with Crippen LogP contribution >= 0.6 is 0 Å². The fourth-order valence-corrected chi connectivity index (χ4v) is 2.70. The molecule has 0 spiro atoms. The number of hydrogen-bond acceptors (Lipinski definition) is 7. The van der Waals surface area contributed by atoms with Crippen LogP contribution in [0.2, 0.25) is 0 Å². The molecule has 0 aromatic heterocycles. The molecule has 0 aliphatic carbocycles. The summed E-state index contributed by atoms with van der Waals surface area (Å²) >= 11 is 0. The van der Waals surface area contributed by atoms with Gasteiger partial charge >= 0.3 is 5.97 Å². The molecule has 2 aromatic carbocycles. The van der Waals surface area contributed by atoms with Gasteiger partial charge in [-0.3, -0.25) is 14.4 Å². The van der Waals surface area contributed by atoms with E-state index in [9.17, 15) is 14.4 Å². The molecule has 8 nitrogen and oxygen atoms in total. The molecule has 0 fully saturated rings. The molecule has 1 N–H and O–H groups in total. The number of ether oxygens (including phenoxy) is 4. The second-order valence-electron chi connectivity index (χ2n) is 6.20. The molecular weight excluding hydrogens is 378 g/mol. The average Bonchev–Trinajstić information content (AvgIpc) is 3.20. The van der Waals surface area contributed by atoms with Crippen molar-refractivity contribution in [2.24, 2.45) is 0 Å². The molecule has 29 heavy (non-hydrogen) atoms. The summed E-state index contributed by atoms with van der Waals surface area (Å²) in [5, 5.41) is 2.46. The van der Waals surface area contributed by atoms with Crippen molar-refractivity contribution in [3.63, 3.8) is 0 Å². The van der Waals surface area contributed by atoms with E-state index < -0.39 is 18.0 Å². The molecule has 8 heteroatoms. The largest absolute Gasteiger partial charge is 0.494 e. The smallest absolute Gasteiger partial charge is 0.326 e. The highest BCUT2D eigenvalue weighted by Gasteiger charge is 2.21. The van der Waals surface area contributed by atoms with Crippen LogP contribution in [-0.2, 0) is 9.53 Å². The van der Waals surface area contributed by atoms with Crippen LogP contribution in [0, 0.1) is 0 Å². The Labute approximate surface area is 167 Å². The number of nitrogens with one attached hydrogen (secondary N) is 1. The number of benzene rings is 2. The minimum Gasteiger partial charge on any atom is -0.494 e. The Morgan fingerprint density at radius 3 is 2.45 bits per heavy atom. The van der Waals surface area contributed by atoms with E-state index in [1.165, 1.54) is 13.0 Å². The summed E-state index contributed by atoms with van der Waals surface area (Å²) in [6.07, 6.45) is -0.983. The second-order valence-corrected chi connectivity index (χ2v) is 6.20. The van der Waals surface area contributed by atoms with Crippen LogP contribution in [0.25, 0.3) is 0 Å². The van der Waals surface area contributed by atoms with Crippen molar-refractivity contribution in [1.29, 1.82) is 0 Å². The van der Waals surface area contributed by atoms with Gasteiger partial charge in [-0.15, -0.1) is 0 Å². The summed E-state index contributed by atoms with van der Waals surface area (Å²) in [5.41, 5.74) is 0.721. The van der Waals surface area contributed by atoms with Crippen molar-refractivity contribution in [1.82, 2.24) is 5.32 Å². The van der Waals surface area contributed by atoms with Gasteiger partial charge in [-0.25, -0.2) is 0 Å². The van der Waals surface area contributed by atoms with Gasteiger partial charge < -0.3 is 24.3 Å². The van der Waals surface area contributed by atoms with Crippen molar-refractivity contribution < 1.29 is 33.3 Å². The van der Waals surface area contributed by atoms with Crippen LogP contribution in [0.3, 0.4) is 0 Å². The molecule has 3 rings (SSSR count). The van der Waals surface area contributed by atoms with E-state index in [2.05, 4.69) is 5.32 Å². The zero-order valence-electron chi connectivity index (χ0n) is 16.1. The van der Waals surface area contributed by atoms with E-state index in [1.54, 1.807) is 36.4 Å². The van der Waals surface area contributed by atoms with Crippen LogP contribution in [0.1, 0.15) is 34.6 Å². The van der Waals surface area contributed by atoms with Gasteiger partial charge in [0.1, 0.15) is 12.3 Å². The van der Waals surface area contributed by atoms with Crippen LogP contribution in [0.15, 0.2) is 42.5 Å². The Kier molecular flexibility index (Phi) is 6.33. The average molecular weight is 399 g/mol. The Balaban J connectivity index is 1.49. The van der Waals surface area contributed by atoms with Crippen LogP contribution in [0.4, 0.5) is 0 Å². The van der Waals surface area contributed by atoms with Crippen LogP contribution in [-0.4, -0.2) is 43.7 Å². The Hall–Kier alpha value is -3.55. The zero-order chi connectivity index (χ0) is 20.8. The molecule has 152 valence electrons. The number of amides is 1. The van der Waals surface area contributed by atoms with Gasteiger partial charge in [-0.2, -0.15) is 0 Å². The number of fused-ring (bicyclic) bond motifs is 1. The molecular formula is C21H21NO7. The maximum Gasteiger partial charge on any atom is 0.326 e. The van der Waals surface area contributed by atoms with Crippen molar-refractivity contribution in [2.45, 2.75) is 20.0 Å². The Bertz CT molecular complexity index is 908. The third kappa shape index (κ3) is 5.04. The van der Waals surface area contributed by atoms with Crippen molar-refractivity contribution in [3.05, 3.63) is 53.6 Å². The van der Waals surface area contributed by atoms with Crippen molar-refractivity contribution >= 4 is 17.7 Å². The van der Waals surface area contributed by atoms with E-state index in [4.69, 9.17) is 18.9 Å². The second kappa shape index (κ2) is 9.09. The Morgan fingerprint density at radius 1 is 1.03 bits per heavy atom. The first kappa shape index (κ1) is 20.2. The molecule has 1 aliphatic rings. The molecule has 1 atom stereocenters. The SMILES string of the molecule is CCOc1ccc(C(=O)[C@@H](C)OC(=O)CNC(=O)c2ccc3c(c2)OCO3)cc1. The maximum absolute atomic E-state index is 12.4. The Morgan fingerprint density at radius 2 is 1.72 bits per heavy atom. The third-order valence-corrected chi connectivity index (χ3v) is 4.16. The van der Waals surface area contributed by atoms with Gasteiger partial charge in [0.15, 0.2) is 17.6 Å². The van der Waals surface area contributed by atoms with Gasteiger partial charge in [-0.1, -0.05) is 0 Å². The number of Topliss-reactive ketones (excluding diaryl/α,β-unsaturated/α-hetero) is 1. The fourth-order valence-electron chi connectivity index (χ4n) is 2.70. The molecule has 1 heterocycles. The monoisotopic (exact) mass is 399 g/mol. The van der Waals surface area contributed by atoms with E-state index in [0.29, 0.717) is 35.0 Å². The van der Waals surface area contributed by atoms with E-state index in [1.807, 2.05) is 6.92 Å². The van der Waals surface area contributed by atoms with Crippen molar-refractivity contribution in [3.8, 4) is 17.2 Å². The highest BCUT2D eigenvalue weighted by Crippen LogP contribution is 2.32. The predicted molar refractivity (Wildman–Crippen MR) is 102 cm³/mol. The predicted octanol–water partition coefficient (Wildman–Crippen LogP) is 2.36. The van der Waals surface area contributed by atoms with Gasteiger partial charge in [0.25, 0.3) is 5.91 Å². The zero-order valence-corrected chi connectivity index (χ0v) is 16.1. The minimum absolute atomic E-state index is 0.104. The normalized spacial score (nSPS) is 12.8. The number of ketones is 1. The topological polar surface area (TPSA) is 100 Å². The van der Waals surface area contributed by atoms with Crippen molar-refractivity contribution in [2.75, 3.05) is 19.9 Å². The lowest BCUT2D eigenvalue weighted by Crippen LogP contribution is -2.34. The standard InChI is InChI=1S/C21H21NO7/c1-3-26-16-7-4-14(5-8-16)20(24)13(2)29-19(23)11-22-21(25)15-6-9-17-18(10-15)28-12-27-17/h4-10,13H,3,11-12H2,1-2H3,(H,22,25)/t13-/m1/s1. The first-order chi connectivity index (χ1) is 14.0. The fraction of sp³-hybridized carbons (Fsp3) is 0.286. The highest BCUT2D eigenvalue weighted by molar-refractivity contribution is 6.00. The minimum atomic E-state index is -0.983. The van der Waals surface area contributed by atoms with Gasteiger partial charge in [0.05, 0.1) is 6.61 Å². The lowest BCUT2D eigenvalue weighted by molar-refractivity contribution is -0.145. The quantitative estimate of drug-likeness (QED) is 0.537. The number of rotatable bonds is 8. The first-order valence-electron chi connectivity index (χ1n) is 9.12. The highest BCUT2D eigenvalue weighted by atomic mass is 16.7. The number of carbonyl (C=O) groups excluding carboxylic acids is 3. The van der Waals surface area contributed by atoms with Crippen LogP contribution < -0.4 is 19.5 Å². The third-order valence-electron chi connectivity index (χ3n) is 4.16. The van der Waals surface area contributed by atoms with E-state index in [-0.39, 0.29) is 19.1 Å². The number of carbonyl (C=O) groups is 3. The molecule has 0 bridgehead atoms. The molecule has 1 amide bonds. The molecule has 0 saturated carbocycles. The number of esters is 1. The summed E-state index contributed by atoms with van der Waals surface area (Å²) in [5.74, 6) is 0.150. The summed E-state index contributed by atoms with van der Waals surface area (Å²) < 4.78 is 20.9. The molecule has 0 unspecified atom stereocenters. The first-order valence-corrected chi connectivity index (χ1v) is 9.12. The lowest BCUT2D eigenvalue weighted by atomic mass is 10.1. The molecule has 1 aliphatic heterocycles. The lowest BCUT2D eigenvalue weighted by Gasteiger charge is -2.13. The molecule has 2 aromatic rings. The summed E-state index contributed by atoms with van der Waals surface area (Å²) in [6.45, 7) is 3.61. The van der Waals surface area contributed by atoms with Gasteiger partial charge in [-0.05, 0) is 56.3 Å². The van der Waals surface area contributed by atoms with E-state index in [0.717, 1.165) is 0 Å². The summed E-state index contributed by atoms with van der Waals surface area (Å²) in [4.78, 5) is 36.6. The number of hydrogen-bond donors (Lipinski definition) is 1. The molecule has 0 saturated heterocycles. The maximum atomic E-state index is 12.4. The van der Waals surface area contributed by atoms with Crippen LogP contribution in [0.5, 0.6) is 17.2 Å². The van der Waals surface area contributed by atoms with Gasteiger partial charge in [0, 0.05) is 11.1 Å².